The maximum absolute atomic E-state index is 12.5. The molecular weight excluding hydrogens is 340 g/mol. The number of carbonyl (C=O) groups is 2. The summed E-state index contributed by atoms with van der Waals surface area (Å²) in [7, 11) is 7.99. The van der Waals surface area contributed by atoms with Crippen molar-refractivity contribution in [2.75, 3.05) is 51.5 Å². The molecule has 0 radical (unpaired) electrons. The van der Waals surface area contributed by atoms with E-state index in [9.17, 15) is 9.59 Å². The summed E-state index contributed by atoms with van der Waals surface area (Å²) in [6.45, 7) is 3.63. The average molecular weight is 375 g/mol. The van der Waals surface area contributed by atoms with E-state index < -0.39 is 0 Å². The van der Waals surface area contributed by atoms with Gasteiger partial charge in [-0.3, -0.25) is 9.59 Å². The molecule has 1 aromatic rings. The van der Waals surface area contributed by atoms with Crippen molar-refractivity contribution in [3.63, 3.8) is 0 Å². The first-order valence-corrected chi connectivity index (χ1v) is 9.79. The van der Waals surface area contributed by atoms with Gasteiger partial charge in [0.1, 0.15) is 0 Å². The largest absolute Gasteiger partial charge is 0.377 e. The first-order valence-electron chi connectivity index (χ1n) is 9.79. The molecule has 0 unspecified atom stereocenters. The first-order chi connectivity index (χ1) is 12.8. The molecule has 0 spiro atoms. The van der Waals surface area contributed by atoms with Crippen molar-refractivity contribution in [1.82, 2.24) is 9.80 Å². The van der Waals surface area contributed by atoms with Crippen LogP contribution in [0.15, 0.2) is 18.2 Å². The number of anilines is 2. The Morgan fingerprint density at radius 3 is 2.30 bits per heavy atom. The molecule has 1 aromatic carbocycles. The molecule has 2 amide bonds. The summed E-state index contributed by atoms with van der Waals surface area (Å²) in [5, 5.41) is 3.07. The van der Waals surface area contributed by atoms with Crippen LogP contribution in [0.1, 0.15) is 38.2 Å². The minimum Gasteiger partial charge on any atom is -0.377 e. The molecule has 1 aliphatic rings. The fourth-order valence-electron chi connectivity index (χ4n) is 3.53. The van der Waals surface area contributed by atoms with E-state index in [1.807, 2.05) is 56.2 Å². The van der Waals surface area contributed by atoms with Crippen LogP contribution < -0.4 is 10.2 Å². The highest BCUT2D eigenvalue weighted by Gasteiger charge is 2.23. The molecule has 1 saturated carbocycles. The zero-order valence-corrected chi connectivity index (χ0v) is 17.4. The molecule has 1 fully saturated rings. The molecule has 6 heteroatoms. The Labute approximate surface area is 163 Å². The van der Waals surface area contributed by atoms with Crippen LogP contribution in [0.25, 0.3) is 0 Å². The van der Waals surface area contributed by atoms with Gasteiger partial charge in [0.25, 0.3) is 0 Å². The Balaban J connectivity index is 2.18. The molecule has 0 bridgehead atoms. The summed E-state index contributed by atoms with van der Waals surface area (Å²) in [5.74, 6) is 0.310. The van der Waals surface area contributed by atoms with E-state index in [1.54, 1.807) is 6.92 Å². The zero-order chi connectivity index (χ0) is 20.0. The van der Waals surface area contributed by atoms with Gasteiger partial charge in [-0.1, -0.05) is 12.8 Å². The fraction of sp³-hybridized carbons (Fsp3) is 0.619. The van der Waals surface area contributed by atoms with Crippen molar-refractivity contribution in [3.05, 3.63) is 23.8 Å². The second-order valence-corrected chi connectivity index (χ2v) is 7.95. The summed E-state index contributed by atoms with van der Waals surface area (Å²) in [6.07, 6.45) is 4.25. The Hall–Kier alpha value is -2.08. The van der Waals surface area contributed by atoms with E-state index >= 15 is 0 Å². The average Bonchev–Trinajstić information content (AvgIpc) is 3.12. The number of carbonyl (C=O) groups excluding carboxylic acids is 2. The fourth-order valence-corrected chi connectivity index (χ4v) is 3.53. The number of nitrogens with zero attached hydrogens (tertiary/aromatic N) is 3. The normalized spacial score (nSPS) is 14.4. The van der Waals surface area contributed by atoms with Gasteiger partial charge in [0.05, 0.1) is 0 Å². The highest BCUT2D eigenvalue weighted by Crippen LogP contribution is 2.28. The molecule has 0 aromatic heterocycles. The Kier molecular flexibility index (Phi) is 7.66. The molecular formula is C21H34N4O2. The molecule has 1 aliphatic carbocycles. The van der Waals surface area contributed by atoms with Gasteiger partial charge in [-0.15, -0.1) is 0 Å². The summed E-state index contributed by atoms with van der Waals surface area (Å²) >= 11 is 0. The topological polar surface area (TPSA) is 55.9 Å². The number of hydrogen-bond acceptors (Lipinski definition) is 4. The molecule has 1 N–H and O–H groups in total. The lowest BCUT2D eigenvalue weighted by Crippen LogP contribution is -2.35. The van der Waals surface area contributed by atoms with E-state index in [0.717, 1.165) is 49.2 Å². The molecule has 150 valence electrons. The maximum Gasteiger partial charge on any atom is 0.227 e. The zero-order valence-electron chi connectivity index (χ0n) is 17.4. The standard InChI is InChI=1S/C21H34N4O2/c1-16(26)25(13-12-23(2)3)15-18-14-19(10-11-20(18)24(4)5)22-21(27)17-8-6-7-9-17/h10-11,14,17H,6-9,12-13,15H2,1-5H3,(H,22,27). The van der Waals surface area contributed by atoms with Crippen molar-refractivity contribution >= 4 is 23.2 Å². The Morgan fingerprint density at radius 1 is 1.07 bits per heavy atom. The minimum absolute atomic E-state index is 0.0574. The predicted octanol–water partition coefficient (Wildman–Crippen LogP) is 2.79. The SMILES string of the molecule is CC(=O)N(CCN(C)C)Cc1cc(NC(=O)C2CCCC2)ccc1N(C)C. The van der Waals surface area contributed by atoms with Gasteiger partial charge in [-0.2, -0.15) is 0 Å². The molecule has 6 nitrogen and oxygen atoms in total. The van der Waals surface area contributed by atoms with E-state index in [2.05, 4.69) is 10.2 Å². The Morgan fingerprint density at radius 2 is 1.74 bits per heavy atom. The second-order valence-electron chi connectivity index (χ2n) is 7.95. The van der Waals surface area contributed by atoms with E-state index in [1.165, 1.54) is 0 Å². The van der Waals surface area contributed by atoms with Crippen molar-refractivity contribution in [2.45, 2.75) is 39.2 Å². The maximum atomic E-state index is 12.5. The number of hydrogen-bond donors (Lipinski definition) is 1. The molecule has 0 aliphatic heterocycles. The van der Waals surface area contributed by atoms with Crippen LogP contribution in [0.4, 0.5) is 11.4 Å². The molecule has 0 atom stereocenters. The van der Waals surface area contributed by atoms with Crippen LogP contribution in [0.5, 0.6) is 0 Å². The number of likely N-dealkylation sites (N-methyl/N-ethyl adjacent to an activating group) is 1. The Bertz CT molecular complexity index is 652. The van der Waals surface area contributed by atoms with Gasteiger partial charge in [-0.05, 0) is 50.7 Å². The van der Waals surface area contributed by atoms with Gasteiger partial charge in [-0.25, -0.2) is 0 Å². The second kappa shape index (κ2) is 9.74. The lowest BCUT2D eigenvalue weighted by Gasteiger charge is -2.26. The van der Waals surface area contributed by atoms with Gasteiger partial charge in [0.15, 0.2) is 0 Å². The number of benzene rings is 1. The highest BCUT2D eigenvalue weighted by atomic mass is 16.2. The van der Waals surface area contributed by atoms with Gasteiger partial charge < -0.3 is 20.0 Å². The third-order valence-electron chi connectivity index (χ3n) is 5.18. The van der Waals surface area contributed by atoms with Crippen LogP contribution in [0.3, 0.4) is 0 Å². The van der Waals surface area contributed by atoms with Crippen LogP contribution in [-0.4, -0.2) is 62.9 Å². The van der Waals surface area contributed by atoms with Crippen LogP contribution in [-0.2, 0) is 16.1 Å². The minimum atomic E-state index is 0.0574. The van der Waals surface area contributed by atoms with Crippen LogP contribution in [0, 0.1) is 5.92 Å². The summed E-state index contributed by atoms with van der Waals surface area (Å²) in [6, 6.07) is 5.97. The van der Waals surface area contributed by atoms with Crippen molar-refractivity contribution in [2.24, 2.45) is 5.92 Å². The van der Waals surface area contributed by atoms with E-state index in [4.69, 9.17) is 0 Å². The third-order valence-corrected chi connectivity index (χ3v) is 5.18. The smallest absolute Gasteiger partial charge is 0.227 e. The molecule has 0 saturated heterocycles. The highest BCUT2D eigenvalue weighted by molar-refractivity contribution is 5.93. The van der Waals surface area contributed by atoms with Crippen LogP contribution in [0.2, 0.25) is 0 Å². The first kappa shape index (κ1) is 21.2. The lowest BCUT2D eigenvalue weighted by molar-refractivity contribution is -0.129. The van der Waals surface area contributed by atoms with E-state index in [-0.39, 0.29) is 17.7 Å². The van der Waals surface area contributed by atoms with Gasteiger partial charge in [0, 0.05) is 57.9 Å². The lowest BCUT2D eigenvalue weighted by atomic mass is 10.1. The predicted molar refractivity (Wildman–Crippen MR) is 111 cm³/mol. The van der Waals surface area contributed by atoms with Gasteiger partial charge >= 0.3 is 0 Å². The monoisotopic (exact) mass is 374 g/mol. The third kappa shape index (κ3) is 6.24. The van der Waals surface area contributed by atoms with Crippen LogP contribution >= 0.6 is 0 Å². The van der Waals surface area contributed by atoms with Crippen molar-refractivity contribution in [3.8, 4) is 0 Å². The number of nitrogens with one attached hydrogen (secondary N) is 1. The van der Waals surface area contributed by atoms with Crippen molar-refractivity contribution in [1.29, 1.82) is 0 Å². The van der Waals surface area contributed by atoms with Gasteiger partial charge in [0.2, 0.25) is 11.8 Å². The number of rotatable bonds is 8. The summed E-state index contributed by atoms with van der Waals surface area (Å²) in [4.78, 5) is 30.5. The summed E-state index contributed by atoms with van der Waals surface area (Å²) < 4.78 is 0. The molecule has 2 rings (SSSR count). The van der Waals surface area contributed by atoms with Crippen molar-refractivity contribution < 1.29 is 9.59 Å². The van der Waals surface area contributed by atoms with E-state index in [0.29, 0.717) is 13.1 Å². The summed E-state index contributed by atoms with van der Waals surface area (Å²) in [5.41, 5.74) is 2.91. The quantitative estimate of drug-likeness (QED) is 0.760. The molecule has 27 heavy (non-hydrogen) atoms. The molecule has 0 heterocycles. The number of amides is 2.